The molecule has 0 radical (unpaired) electrons. The number of unbranched alkanes of at least 4 members (excludes halogenated alkanes) is 3. The minimum atomic E-state index is -0.00104. The molecule has 20 heavy (non-hydrogen) atoms. The third kappa shape index (κ3) is 7.48. The Labute approximate surface area is 121 Å². The van der Waals surface area contributed by atoms with E-state index in [9.17, 15) is 9.59 Å². The van der Waals surface area contributed by atoms with Gasteiger partial charge in [0.2, 0.25) is 11.8 Å². The third-order valence-corrected chi connectivity index (χ3v) is 3.78. The van der Waals surface area contributed by atoms with Crippen LogP contribution in [-0.2, 0) is 9.59 Å². The summed E-state index contributed by atoms with van der Waals surface area (Å²) in [7, 11) is 0. The second-order valence-corrected chi connectivity index (χ2v) is 5.51. The number of nitrogens with one attached hydrogen (secondary N) is 2. The maximum Gasteiger partial charge on any atom is 0.223 e. The molecule has 3 N–H and O–H groups in total. The molecule has 0 aromatic rings. The summed E-state index contributed by atoms with van der Waals surface area (Å²) in [6.07, 6.45) is 8.45. The van der Waals surface area contributed by atoms with Crippen molar-refractivity contribution in [3.05, 3.63) is 0 Å². The molecular weight excluding hydrogens is 256 g/mol. The van der Waals surface area contributed by atoms with E-state index in [1.165, 1.54) is 0 Å². The van der Waals surface area contributed by atoms with Crippen LogP contribution in [0.2, 0.25) is 0 Å². The summed E-state index contributed by atoms with van der Waals surface area (Å²) >= 11 is 0. The Morgan fingerprint density at radius 2 is 1.65 bits per heavy atom. The smallest absolute Gasteiger partial charge is 0.223 e. The van der Waals surface area contributed by atoms with Gasteiger partial charge in [-0.2, -0.15) is 0 Å². The lowest BCUT2D eigenvalue weighted by molar-refractivity contribution is -0.125. The topological polar surface area (TPSA) is 78.4 Å². The highest BCUT2D eigenvalue weighted by atomic mass is 16.3. The molecule has 5 nitrogen and oxygen atoms in total. The molecule has 0 unspecified atom stereocenters. The minimum absolute atomic E-state index is 0.00104. The lowest BCUT2D eigenvalue weighted by Crippen LogP contribution is -2.33. The van der Waals surface area contributed by atoms with Crippen LogP contribution in [0.25, 0.3) is 0 Å². The van der Waals surface area contributed by atoms with Crippen molar-refractivity contribution in [3.63, 3.8) is 0 Å². The zero-order chi connectivity index (χ0) is 14.6. The molecule has 0 bridgehead atoms. The highest BCUT2D eigenvalue weighted by molar-refractivity contribution is 5.80. The van der Waals surface area contributed by atoms with Gasteiger partial charge in [0.05, 0.1) is 0 Å². The van der Waals surface area contributed by atoms with Crippen LogP contribution in [-0.4, -0.2) is 36.6 Å². The molecule has 0 saturated heterocycles. The van der Waals surface area contributed by atoms with Crippen LogP contribution in [0.3, 0.4) is 0 Å². The number of rotatable bonds is 10. The second kappa shape index (κ2) is 10.7. The molecule has 1 rings (SSSR count). The van der Waals surface area contributed by atoms with Crippen molar-refractivity contribution in [1.82, 2.24) is 10.6 Å². The lowest BCUT2D eigenvalue weighted by Gasteiger charge is -2.10. The van der Waals surface area contributed by atoms with Gasteiger partial charge in [0.1, 0.15) is 0 Å². The fraction of sp³-hybridized carbons (Fsp3) is 0.867. The number of hydrogen-bond acceptors (Lipinski definition) is 3. The van der Waals surface area contributed by atoms with Crippen molar-refractivity contribution >= 4 is 11.8 Å². The predicted molar refractivity (Wildman–Crippen MR) is 78.1 cm³/mol. The monoisotopic (exact) mass is 284 g/mol. The maximum absolute atomic E-state index is 11.7. The molecule has 0 aliphatic heterocycles. The number of carbonyl (C=O) groups is 2. The Morgan fingerprint density at radius 1 is 0.950 bits per heavy atom. The summed E-state index contributed by atoms with van der Waals surface area (Å²) in [5.74, 6) is 0.280. The molecule has 0 spiro atoms. The summed E-state index contributed by atoms with van der Waals surface area (Å²) in [6.45, 7) is 1.36. The van der Waals surface area contributed by atoms with Gasteiger partial charge < -0.3 is 15.7 Å². The van der Waals surface area contributed by atoms with E-state index in [2.05, 4.69) is 10.6 Å². The molecule has 1 fully saturated rings. The van der Waals surface area contributed by atoms with Crippen LogP contribution < -0.4 is 10.6 Å². The number of aliphatic hydroxyl groups excluding tert-OH is 1. The zero-order valence-electron chi connectivity index (χ0n) is 12.3. The first kappa shape index (κ1) is 17.0. The van der Waals surface area contributed by atoms with Crippen LogP contribution >= 0.6 is 0 Å². The van der Waals surface area contributed by atoms with Crippen molar-refractivity contribution < 1.29 is 14.7 Å². The largest absolute Gasteiger partial charge is 0.396 e. The molecule has 0 heterocycles. The standard InChI is InChI=1S/C15H28N2O3/c18-12-6-2-1-5-10-16-14(19)9-11-17-15(20)13-7-3-4-8-13/h13,18H,1-12H2,(H,16,19)(H,17,20). The van der Waals surface area contributed by atoms with E-state index in [0.717, 1.165) is 51.4 Å². The van der Waals surface area contributed by atoms with E-state index >= 15 is 0 Å². The minimum Gasteiger partial charge on any atom is -0.396 e. The Kier molecular flexibility index (Phi) is 9.04. The Bertz CT molecular complexity index is 289. The van der Waals surface area contributed by atoms with Gasteiger partial charge in [0.25, 0.3) is 0 Å². The first-order valence-corrected chi connectivity index (χ1v) is 7.89. The number of hydrogen-bond donors (Lipinski definition) is 3. The van der Waals surface area contributed by atoms with Crippen molar-refractivity contribution in [3.8, 4) is 0 Å². The van der Waals surface area contributed by atoms with Gasteiger partial charge in [0, 0.05) is 32.0 Å². The normalized spacial score (nSPS) is 15.2. The van der Waals surface area contributed by atoms with Crippen molar-refractivity contribution in [2.75, 3.05) is 19.7 Å². The second-order valence-electron chi connectivity index (χ2n) is 5.51. The van der Waals surface area contributed by atoms with Crippen LogP contribution in [0.15, 0.2) is 0 Å². The van der Waals surface area contributed by atoms with Crippen LogP contribution in [0, 0.1) is 5.92 Å². The zero-order valence-corrected chi connectivity index (χ0v) is 12.3. The predicted octanol–water partition coefficient (Wildman–Crippen LogP) is 1.35. The fourth-order valence-corrected chi connectivity index (χ4v) is 2.54. The number of carbonyl (C=O) groups excluding carboxylic acids is 2. The highest BCUT2D eigenvalue weighted by Gasteiger charge is 2.22. The molecule has 0 atom stereocenters. The summed E-state index contributed by atoms with van der Waals surface area (Å²) in [4.78, 5) is 23.3. The first-order valence-electron chi connectivity index (χ1n) is 7.89. The average Bonchev–Trinajstić information content (AvgIpc) is 2.96. The van der Waals surface area contributed by atoms with Crippen molar-refractivity contribution in [2.45, 2.75) is 57.8 Å². The Hall–Kier alpha value is -1.10. The van der Waals surface area contributed by atoms with Gasteiger partial charge in [0.15, 0.2) is 0 Å². The van der Waals surface area contributed by atoms with E-state index in [0.29, 0.717) is 19.5 Å². The Morgan fingerprint density at radius 3 is 2.35 bits per heavy atom. The SMILES string of the molecule is O=C(CCNC(=O)C1CCCC1)NCCCCCCO. The molecule has 2 amide bonds. The van der Waals surface area contributed by atoms with E-state index in [-0.39, 0.29) is 24.3 Å². The number of aliphatic hydroxyl groups is 1. The van der Waals surface area contributed by atoms with Gasteiger partial charge in [-0.25, -0.2) is 0 Å². The van der Waals surface area contributed by atoms with Crippen molar-refractivity contribution in [1.29, 1.82) is 0 Å². The van der Waals surface area contributed by atoms with E-state index in [1.54, 1.807) is 0 Å². The van der Waals surface area contributed by atoms with Crippen LogP contribution in [0.5, 0.6) is 0 Å². The van der Waals surface area contributed by atoms with Gasteiger partial charge >= 0.3 is 0 Å². The molecule has 116 valence electrons. The average molecular weight is 284 g/mol. The molecule has 0 aromatic heterocycles. The summed E-state index contributed by atoms with van der Waals surface area (Å²) in [5.41, 5.74) is 0. The number of amides is 2. The highest BCUT2D eigenvalue weighted by Crippen LogP contribution is 2.24. The van der Waals surface area contributed by atoms with Crippen LogP contribution in [0.1, 0.15) is 57.8 Å². The van der Waals surface area contributed by atoms with Crippen molar-refractivity contribution in [2.24, 2.45) is 5.92 Å². The molecule has 5 heteroatoms. The lowest BCUT2D eigenvalue weighted by atomic mass is 10.1. The summed E-state index contributed by atoms with van der Waals surface area (Å²) < 4.78 is 0. The van der Waals surface area contributed by atoms with Gasteiger partial charge in [-0.05, 0) is 25.7 Å². The molecule has 1 aliphatic rings. The molecule has 1 aliphatic carbocycles. The quantitative estimate of drug-likeness (QED) is 0.530. The maximum atomic E-state index is 11.7. The first-order chi connectivity index (χ1) is 9.74. The van der Waals surface area contributed by atoms with Gasteiger partial charge in [-0.15, -0.1) is 0 Å². The summed E-state index contributed by atoms with van der Waals surface area (Å²) in [5, 5.41) is 14.3. The van der Waals surface area contributed by atoms with Crippen LogP contribution in [0.4, 0.5) is 0 Å². The van der Waals surface area contributed by atoms with Gasteiger partial charge in [-0.1, -0.05) is 25.7 Å². The molecule has 1 saturated carbocycles. The van der Waals surface area contributed by atoms with E-state index < -0.39 is 0 Å². The molecular formula is C15H28N2O3. The molecule has 0 aromatic carbocycles. The third-order valence-electron chi connectivity index (χ3n) is 3.78. The fourth-order valence-electron chi connectivity index (χ4n) is 2.54. The van der Waals surface area contributed by atoms with E-state index in [4.69, 9.17) is 5.11 Å². The summed E-state index contributed by atoms with van der Waals surface area (Å²) in [6, 6.07) is 0. The van der Waals surface area contributed by atoms with E-state index in [1.807, 2.05) is 0 Å². The Balaban J connectivity index is 1.93. The van der Waals surface area contributed by atoms with Gasteiger partial charge in [-0.3, -0.25) is 9.59 Å².